The Morgan fingerprint density at radius 1 is 0.933 bits per heavy atom. The van der Waals surface area contributed by atoms with Crippen molar-refractivity contribution in [3.8, 4) is 0 Å². The SMILES string of the molecule is CCCCCCCCC=CCCCCCCCc1nnc(SCC(=O)OCC)n1N. The molecule has 0 unspecified atom stereocenters. The Hall–Kier alpha value is -1.50. The first-order valence-corrected chi connectivity index (χ1v) is 12.8. The van der Waals surface area contributed by atoms with E-state index in [1.807, 2.05) is 0 Å². The van der Waals surface area contributed by atoms with E-state index in [1.165, 1.54) is 93.5 Å². The second-order valence-electron chi connectivity index (χ2n) is 7.70. The lowest BCUT2D eigenvalue weighted by Crippen LogP contribution is -2.15. The van der Waals surface area contributed by atoms with Crippen LogP contribution in [0.4, 0.5) is 0 Å². The number of rotatable bonds is 19. The molecule has 0 amide bonds. The number of hydrogen-bond donors (Lipinski definition) is 1. The molecule has 0 aliphatic carbocycles. The van der Waals surface area contributed by atoms with Crippen LogP contribution in [-0.2, 0) is 16.0 Å². The predicted molar refractivity (Wildman–Crippen MR) is 126 cm³/mol. The number of esters is 1. The van der Waals surface area contributed by atoms with Gasteiger partial charge >= 0.3 is 5.97 Å². The summed E-state index contributed by atoms with van der Waals surface area (Å²) in [7, 11) is 0. The Morgan fingerprint density at radius 2 is 1.53 bits per heavy atom. The number of allylic oxidation sites excluding steroid dienone is 2. The van der Waals surface area contributed by atoms with Crippen molar-refractivity contribution in [1.82, 2.24) is 14.9 Å². The summed E-state index contributed by atoms with van der Waals surface area (Å²) in [5.41, 5.74) is 0. The molecule has 0 radical (unpaired) electrons. The largest absolute Gasteiger partial charge is 0.465 e. The smallest absolute Gasteiger partial charge is 0.316 e. The van der Waals surface area contributed by atoms with Crippen LogP contribution in [0.1, 0.15) is 103 Å². The van der Waals surface area contributed by atoms with Gasteiger partial charge in [-0.1, -0.05) is 82.2 Å². The van der Waals surface area contributed by atoms with Gasteiger partial charge < -0.3 is 10.6 Å². The first-order chi connectivity index (χ1) is 14.7. The molecule has 0 atom stereocenters. The summed E-state index contributed by atoms with van der Waals surface area (Å²) in [5.74, 6) is 6.76. The zero-order chi connectivity index (χ0) is 21.9. The number of hydrogen-bond acceptors (Lipinski definition) is 6. The number of unbranched alkanes of at least 4 members (excludes halogenated alkanes) is 11. The number of aromatic nitrogens is 3. The second-order valence-corrected chi connectivity index (χ2v) is 8.64. The molecule has 0 bridgehead atoms. The number of carbonyl (C=O) groups is 1. The second kappa shape index (κ2) is 18.3. The van der Waals surface area contributed by atoms with Gasteiger partial charge in [-0.15, -0.1) is 10.2 Å². The van der Waals surface area contributed by atoms with E-state index in [0.29, 0.717) is 11.8 Å². The van der Waals surface area contributed by atoms with Crippen LogP contribution >= 0.6 is 11.8 Å². The van der Waals surface area contributed by atoms with Crippen LogP contribution in [0.3, 0.4) is 0 Å². The lowest BCUT2D eigenvalue weighted by molar-refractivity contribution is -0.139. The fraction of sp³-hybridized carbons (Fsp3) is 0.783. The normalized spacial score (nSPS) is 11.4. The molecule has 2 N–H and O–H groups in total. The summed E-state index contributed by atoms with van der Waals surface area (Å²) in [5, 5.41) is 8.78. The fourth-order valence-electron chi connectivity index (χ4n) is 3.26. The van der Waals surface area contributed by atoms with Crippen LogP contribution in [0.25, 0.3) is 0 Å². The van der Waals surface area contributed by atoms with Gasteiger partial charge in [-0.3, -0.25) is 4.79 Å². The molecule has 30 heavy (non-hydrogen) atoms. The molecule has 1 aromatic heterocycles. The molecule has 1 rings (SSSR count). The first kappa shape index (κ1) is 26.5. The molecule has 0 saturated carbocycles. The zero-order valence-electron chi connectivity index (χ0n) is 19.1. The van der Waals surface area contributed by atoms with Crippen molar-refractivity contribution in [1.29, 1.82) is 0 Å². The van der Waals surface area contributed by atoms with Gasteiger partial charge in [-0.25, -0.2) is 4.68 Å². The van der Waals surface area contributed by atoms with Crippen LogP contribution in [0.2, 0.25) is 0 Å². The summed E-state index contributed by atoms with van der Waals surface area (Å²) in [6, 6.07) is 0. The topological polar surface area (TPSA) is 83.0 Å². The average Bonchev–Trinajstić information content (AvgIpc) is 3.09. The molecular weight excluding hydrogens is 396 g/mol. The van der Waals surface area contributed by atoms with E-state index < -0.39 is 0 Å². The van der Waals surface area contributed by atoms with Gasteiger partial charge in [-0.05, 0) is 39.0 Å². The molecule has 0 spiro atoms. The van der Waals surface area contributed by atoms with Crippen molar-refractivity contribution >= 4 is 17.7 Å². The van der Waals surface area contributed by atoms with Crippen LogP contribution in [0.15, 0.2) is 17.3 Å². The Labute approximate surface area is 187 Å². The maximum Gasteiger partial charge on any atom is 0.316 e. The van der Waals surface area contributed by atoms with Crippen LogP contribution in [-0.4, -0.2) is 33.2 Å². The molecule has 1 aromatic rings. The molecule has 0 aliphatic heterocycles. The van der Waals surface area contributed by atoms with Crippen LogP contribution in [0, 0.1) is 0 Å². The third-order valence-corrected chi connectivity index (χ3v) is 5.94. The molecule has 0 aromatic carbocycles. The van der Waals surface area contributed by atoms with Crippen molar-refractivity contribution in [3.63, 3.8) is 0 Å². The van der Waals surface area contributed by atoms with E-state index in [2.05, 4.69) is 29.3 Å². The van der Waals surface area contributed by atoms with Crippen molar-refractivity contribution in [2.75, 3.05) is 18.2 Å². The van der Waals surface area contributed by atoms with E-state index in [-0.39, 0.29) is 11.7 Å². The van der Waals surface area contributed by atoms with E-state index in [4.69, 9.17) is 10.6 Å². The lowest BCUT2D eigenvalue weighted by atomic mass is 10.1. The van der Waals surface area contributed by atoms with Gasteiger partial charge in [0.1, 0.15) is 0 Å². The third kappa shape index (κ3) is 12.9. The quantitative estimate of drug-likeness (QED) is 0.0961. The molecule has 6 nitrogen and oxygen atoms in total. The van der Waals surface area contributed by atoms with Gasteiger partial charge in [0, 0.05) is 6.42 Å². The summed E-state index contributed by atoms with van der Waals surface area (Å²) in [6.45, 7) is 4.44. The zero-order valence-corrected chi connectivity index (χ0v) is 19.9. The Morgan fingerprint density at radius 3 is 2.17 bits per heavy atom. The van der Waals surface area contributed by atoms with Crippen LogP contribution in [0.5, 0.6) is 0 Å². The van der Waals surface area contributed by atoms with E-state index in [1.54, 1.807) is 6.92 Å². The Bertz CT molecular complexity index is 590. The standard InChI is InChI=1S/C23H42N4O2S/c1-3-5-6-7-8-9-10-11-12-13-14-15-16-17-18-19-21-25-26-23(27(21)24)30-20-22(28)29-4-2/h11-12H,3-10,13-20,24H2,1-2H3. The highest BCUT2D eigenvalue weighted by atomic mass is 32.2. The highest BCUT2D eigenvalue weighted by Gasteiger charge is 2.12. The van der Waals surface area contributed by atoms with Crippen molar-refractivity contribution in [2.24, 2.45) is 0 Å². The van der Waals surface area contributed by atoms with E-state index >= 15 is 0 Å². The maximum absolute atomic E-state index is 11.4. The number of ether oxygens (including phenoxy) is 1. The van der Waals surface area contributed by atoms with Gasteiger partial charge in [0.15, 0.2) is 5.82 Å². The summed E-state index contributed by atoms with van der Waals surface area (Å²) in [6.07, 6.45) is 22.3. The average molecular weight is 439 g/mol. The Kier molecular flexibility index (Phi) is 16.2. The van der Waals surface area contributed by atoms with Gasteiger partial charge in [0.25, 0.3) is 0 Å². The van der Waals surface area contributed by atoms with Gasteiger partial charge in [0.2, 0.25) is 5.16 Å². The summed E-state index contributed by atoms with van der Waals surface area (Å²) in [4.78, 5) is 11.4. The van der Waals surface area contributed by atoms with Crippen molar-refractivity contribution in [2.45, 2.75) is 109 Å². The van der Waals surface area contributed by atoms with Crippen molar-refractivity contribution in [3.05, 3.63) is 18.0 Å². The number of aryl methyl sites for hydroxylation is 1. The van der Waals surface area contributed by atoms with E-state index in [0.717, 1.165) is 18.7 Å². The minimum Gasteiger partial charge on any atom is -0.465 e. The highest BCUT2D eigenvalue weighted by Crippen LogP contribution is 2.16. The number of carbonyl (C=O) groups excluding carboxylic acids is 1. The van der Waals surface area contributed by atoms with Gasteiger partial charge in [-0.2, -0.15) is 0 Å². The summed E-state index contributed by atoms with van der Waals surface area (Å²) < 4.78 is 6.41. The molecule has 0 fully saturated rings. The molecule has 172 valence electrons. The van der Waals surface area contributed by atoms with Crippen molar-refractivity contribution < 1.29 is 9.53 Å². The third-order valence-electron chi connectivity index (χ3n) is 5.02. The molecule has 0 aliphatic rings. The monoisotopic (exact) mass is 438 g/mol. The minimum absolute atomic E-state index is 0.205. The predicted octanol–water partition coefficient (Wildman–Crippen LogP) is 5.84. The number of nitrogens with zero attached hydrogens (tertiary/aromatic N) is 3. The number of nitrogens with two attached hydrogens (primary N) is 1. The molecule has 0 saturated heterocycles. The maximum atomic E-state index is 11.4. The van der Waals surface area contributed by atoms with E-state index in [9.17, 15) is 4.79 Å². The highest BCUT2D eigenvalue weighted by molar-refractivity contribution is 7.99. The molecule has 7 heteroatoms. The summed E-state index contributed by atoms with van der Waals surface area (Å²) >= 11 is 1.26. The fourth-order valence-corrected chi connectivity index (χ4v) is 3.93. The number of nitrogen functional groups attached to an aromatic ring is 1. The minimum atomic E-state index is -0.260. The number of thioether (sulfide) groups is 1. The van der Waals surface area contributed by atoms with Gasteiger partial charge in [0.05, 0.1) is 12.4 Å². The molecule has 1 heterocycles. The lowest BCUT2D eigenvalue weighted by Gasteiger charge is -2.04. The molecular formula is C23H42N4O2S. The first-order valence-electron chi connectivity index (χ1n) is 11.8. The Balaban J connectivity index is 1.99. The van der Waals surface area contributed by atoms with Crippen LogP contribution < -0.4 is 5.84 Å².